The molecule has 6 nitrogen and oxygen atoms in total. The van der Waals surface area contributed by atoms with Gasteiger partial charge in [0.1, 0.15) is 0 Å². The Morgan fingerprint density at radius 1 is 1.37 bits per heavy atom. The molecule has 1 aromatic heterocycles. The summed E-state index contributed by atoms with van der Waals surface area (Å²) in [6, 6.07) is 8.02. The molecule has 0 amide bonds. The van der Waals surface area contributed by atoms with E-state index in [1.165, 1.54) is 0 Å². The summed E-state index contributed by atoms with van der Waals surface area (Å²) in [5.74, 6) is 0.808. The van der Waals surface area contributed by atoms with Gasteiger partial charge >= 0.3 is 0 Å². The van der Waals surface area contributed by atoms with E-state index in [1.807, 2.05) is 24.3 Å². The van der Waals surface area contributed by atoms with Crippen LogP contribution >= 0.6 is 0 Å². The number of ether oxygens (including phenoxy) is 1. The number of tetrazole rings is 1. The number of benzene rings is 1. The third kappa shape index (κ3) is 3.59. The van der Waals surface area contributed by atoms with Crippen molar-refractivity contribution >= 4 is 0 Å². The smallest absolute Gasteiger partial charge is 0.170 e. The normalized spacial score (nSPS) is 10.8. The standard InChI is InChI=1S/C13H19N5O/c1-3-7-14-9-13-15-16-17-18(13)12-6-4-5-11(8-12)10-19-2/h4-6,8,14H,3,7,9-10H2,1-2H3. The van der Waals surface area contributed by atoms with Crippen LogP contribution in [0.5, 0.6) is 0 Å². The van der Waals surface area contributed by atoms with Gasteiger partial charge in [-0.25, -0.2) is 0 Å². The molecule has 0 atom stereocenters. The quantitative estimate of drug-likeness (QED) is 0.761. The molecule has 1 heterocycles. The van der Waals surface area contributed by atoms with Crippen LogP contribution < -0.4 is 5.32 Å². The molecular formula is C13H19N5O. The van der Waals surface area contributed by atoms with Gasteiger partial charge in [-0.05, 0) is 41.1 Å². The molecule has 0 aliphatic heterocycles. The van der Waals surface area contributed by atoms with Gasteiger partial charge in [0.05, 0.1) is 18.8 Å². The first-order valence-electron chi connectivity index (χ1n) is 6.41. The van der Waals surface area contributed by atoms with E-state index in [1.54, 1.807) is 11.8 Å². The van der Waals surface area contributed by atoms with Crippen molar-refractivity contribution in [3.05, 3.63) is 35.7 Å². The van der Waals surface area contributed by atoms with Crippen molar-refractivity contribution in [3.8, 4) is 5.69 Å². The lowest BCUT2D eigenvalue weighted by molar-refractivity contribution is 0.185. The van der Waals surface area contributed by atoms with Crippen molar-refractivity contribution in [1.29, 1.82) is 0 Å². The van der Waals surface area contributed by atoms with Gasteiger partial charge in [-0.15, -0.1) is 5.10 Å². The third-order valence-electron chi connectivity index (χ3n) is 2.71. The lowest BCUT2D eigenvalue weighted by Crippen LogP contribution is -2.17. The maximum absolute atomic E-state index is 5.14. The molecule has 0 fully saturated rings. The number of hydrogen-bond acceptors (Lipinski definition) is 5. The monoisotopic (exact) mass is 261 g/mol. The minimum absolute atomic E-state index is 0.583. The summed E-state index contributed by atoms with van der Waals surface area (Å²) in [6.45, 7) is 4.33. The minimum atomic E-state index is 0.583. The molecule has 0 saturated heterocycles. The first kappa shape index (κ1) is 13.6. The van der Waals surface area contributed by atoms with Gasteiger partial charge in [-0.3, -0.25) is 0 Å². The number of methoxy groups -OCH3 is 1. The fourth-order valence-electron chi connectivity index (χ4n) is 1.84. The number of rotatable bonds is 7. The lowest BCUT2D eigenvalue weighted by atomic mass is 10.2. The average molecular weight is 261 g/mol. The van der Waals surface area contributed by atoms with Crippen LogP contribution in [-0.2, 0) is 17.9 Å². The third-order valence-corrected chi connectivity index (χ3v) is 2.71. The van der Waals surface area contributed by atoms with Crippen LogP contribution in [0.25, 0.3) is 5.69 Å². The zero-order chi connectivity index (χ0) is 13.5. The lowest BCUT2D eigenvalue weighted by Gasteiger charge is -2.07. The number of aromatic nitrogens is 4. The second-order valence-corrected chi connectivity index (χ2v) is 4.29. The predicted molar refractivity (Wildman–Crippen MR) is 71.9 cm³/mol. The highest BCUT2D eigenvalue weighted by Crippen LogP contribution is 2.11. The van der Waals surface area contributed by atoms with Crippen LogP contribution in [0.15, 0.2) is 24.3 Å². The summed E-state index contributed by atoms with van der Waals surface area (Å²) >= 11 is 0. The average Bonchev–Trinajstić information content (AvgIpc) is 2.88. The van der Waals surface area contributed by atoms with Crippen LogP contribution in [0.4, 0.5) is 0 Å². The van der Waals surface area contributed by atoms with Crippen LogP contribution in [0, 0.1) is 0 Å². The zero-order valence-electron chi connectivity index (χ0n) is 11.3. The van der Waals surface area contributed by atoms with Crippen molar-refractivity contribution in [3.63, 3.8) is 0 Å². The van der Waals surface area contributed by atoms with Gasteiger partial charge in [0.2, 0.25) is 0 Å². The fraction of sp³-hybridized carbons (Fsp3) is 0.462. The minimum Gasteiger partial charge on any atom is -0.380 e. The van der Waals surface area contributed by atoms with Crippen LogP contribution in [0.2, 0.25) is 0 Å². The van der Waals surface area contributed by atoms with Gasteiger partial charge < -0.3 is 10.1 Å². The van der Waals surface area contributed by atoms with E-state index in [0.717, 1.165) is 30.0 Å². The van der Waals surface area contributed by atoms with E-state index in [2.05, 4.69) is 27.8 Å². The molecule has 0 unspecified atom stereocenters. The Kier molecular flexibility index (Phi) is 5.00. The van der Waals surface area contributed by atoms with E-state index in [-0.39, 0.29) is 0 Å². The SMILES string of the molecule is CCCNCc1nnnn1-c1cccc(COC)c1. The van der Waals surface area contributed by atoms with Gasteiger partial charge in [0.15, 0.2) is 5.82 Å². The Hall–Kier alpha value is -1.79. The molecule has 1 aromatic carbocycles. The summed E-state index contributed by atoms with van der Waals surface area (Å²) in [6.07, 6.45) is 1.09. The fourth-order valence-corrected chi connectivity index (χ4v) is 1.84. The van der Waals surface area contributed by atoms with Crippen LogP contribution in [-0.4, -0.2) is 33.9 Å². The highest BCUT2D eigenvalue weighted by atomic mass is 16.5. The van der Waals surface area contributed by atoms with Gasteiger partial charge in [0, 0.05) is 7.11 Å². The number of nitrogens with one attached hydrogen (secondary N) is 1. The zero-order valence-corrected chi connectivity index (χ0v) is 11.3. The van der Waals surface area contributed by atoms with Crippen LogP contribution in [0.3, 0.4) is 0 Å². The molecule has 0 radical (unpaired) electrons. The topological polar surface area (TPSA) is 64.9 Å². The number of nitrogens with zero attached hydrogens (tertiary/aromatic N) is 4. The Labute approximate surface area is 112 Å². The van der Waals surface area contributed by atoms with E-state index >= 15 is 0 Å². The molecule has 19 heavy (non-hydrogen) atoms. The summed E-state index contributed by atoms with van der Waals surface area (Å²) in [7, 11) is 1.68. The summed E-state index contributed by atoms with van der Waals surface area (Å²) in [5.41, 5.74) is 2.05. The molecule has 0 saturated carbocycles. The Morgan fingerprint density at radius 2 is 2.26 bits per heavy atom. The van der Waals surface area contributed by atoms with Gasteiger partial charge in [0.25, 0.3) is 0 Å². The molecule has 6 heteroatoms. The maximum atomic E-state index is 5.14. The molecule has 0 aliphatic rings. The summed E-state index contributed by atoms with van der Waals surface area (Å²) < 4.78 is 6.89. The van der Waals surface area contributed by atoms with Crippen molar-refractivity contribution < 1.29 is 4.74 Å². The molecule has 0 aliphatic carbocycles. The largest absolute Gasteiger partial charge is 0.380 e. The molecule has 102 valence electrons. The maximum Gasteiger partial charge on any atom is 0.170 e. The van der Waals surface area contributed by atoms with E-state index < -0.39 is 0 Å². The highest BCUT2D eigenvalue weighted by Gasteiger charge is 2.08. The van der Waals surface area contributed by atoms with Crippen molar-refractivity contribution in [2.75, 3.05) is 13.7 Å². The Bertz CT molecular complexity index is 511. The molecule has 2 aromatic rings. The molecular weight excluding hydrogens is 242 g/mol. The van der Waals surface area contributed by atoms with Crippen LogP contribution in [0.1, 0.15) is 24.7 Å². The highest BCUT2D eigenvalue weighted by molar-refractivity contribution is 5.35. The van der Waals surface area contributed by atoms with E-state index in [4.69, 9.17) is 4.74 Å². The second-order valence-electron chi connectivity index (χ2n) is 4.29. The summed E-state index contributed by atoms with van der Waals surface area (Å²) in [5, 5.41) is 15.1. The Balaban J connectivity index is 2.16. The Morgan fingerprint density at radius 3 is 3.05 bits per heavy atom. The summed E-state index contributed by atoms with van der Waals surface area (Å²) in [4.78, 5) is 0. The van der Waals surface area contributed by atoms with Crippen molar-refractivity contribution in [2.45, 2.75) is 26.5 Å². The number of hydrogen-bond donors (Lipinski definition) is 1. The van der Waals surface area contributed by atoms with Crippen molar-refractivity contribution in [1.82, 2.24) is 25.5 Å². The predicted octanol–water partition coefficient (Wildman–Crippen LogP) is 1.31. The van der Waals surface area contributed by atoms with E-state index in [9.17, 15) is 0 Å². The first-order valence-corrected chi connectivity index (χ1v) is 6.41. The first-order chi connectivity index (χ1) is 9.35. The van der Waals surface area contributed by atoms with E-state index in [0.29, 0.717) is 13.2 Å². The van der Waals surface area contributed by atoms with Gasteiger partial charge in [-0.1, -0.05) is 19.1 Å². The molecule has 0 spiro atoms. The molecule has 0 bridgehead atoms. The van der Waals surface area contributed by atoms with Gasteiger partial charge in [-0.2, -0.15) is 4.68 Å². The molecule has 2 rings (SSSR count). The second kappa shape index (κ2) is 6.96. The van der Waals surface area contributed by atoms with Crippen molar-refractivity contribution in [2.24, 2.45) is 0 Å². The molecule has 1 N–H and O–H groups in total.